The minimum absolute atomic E-state index is 0.0209. The lowest BCUT2D eigenvalue weighted by atomic mass is 9.81. The Hall–Kier alpha value is -5.16. The number of aliphatic hydroxyl groups is 2. The van der Waals surface area contributed by atoms with E-state index in [1.807, 2.05) is 111 Å². The third-order valence-electron chi connectivity index (χ3n) is 16.6. The zero-order chi connectivity index (χ0) is 60.6. The van der Waals surface area contributed by atoms with Crippen molar-refractivity contribution in [1.82, 2.24) is 29.8 Å². The molecule has 0 bridgehead atoms. The minimum Gasteiger partial charge on any atom is -0.477 e. The molecule has 4 aromatic rings. The maximum absolute atomic E-state index is 14.3. The molecule has 8 aliphatic heterocycles. The zero-order valence-corrected chi connectivity index (χ0v) is 52.7. The summed E-state index contributed by atoms with van der Waals surface area (Å²) in [5, 5.41) is 36.7. The molecule has 8 atom stereocenters. The van der Waals surface area contributed by atoms with Gasteiger partial charge in [-0.3, -0.25) is 14.4 Å². The fourth-order valence-electron chi connectivity index (χ4n) is 12.4. The summed E-state index contributed by atoms with van der Waals surface area (Å²) in [5.74, 6) is -1.18. The zero-order valence-electron chi connectivity index (χ0n) is 48.1. The molecule has 4 fully saturated rings. The first-order chi connectivity index (χ1) is 40.6. The molecule has 12 rings (SSSR count). The number of carbonyl (C=O) groups is 4. The molecule has 452 valence electrons. The van der Waals surface area contributed by atoms with E-state index in [0.29, 0.717) is 101 Å². The van der Waals surface area contributed by atoms with Gasteiger partial charge in [0.2, 0.25) is 11.8 Å². The van der Waals surface area contributed by atoms with Gasteiger partial charge in [-0.2, -0.15) is 0 Å². The summed E-state index contributed by atoms with van der Waals surface area (Å²) in [4.78, 5) is 72.2. The molecule has 0 aromatic heterocycles. The van der Waals surface area contributed by atoms with Gasteiger partial charge in [0.1, 0.15) is 26.9 Å². The van der Waals surface area contributed by atoms with E-state index in [2.05, 4.69) is 42.8 Å². The Balaban J connectivity index is 0.000000160. The molecule has 4 N–H and O–H groups in total. The Kier molecular flexibility index (Phi) is 19.4. The summed E-state index contributed by atoms with van der Waals surface area (Å²) < 4.78 is 10.6. The van der Waals surface area contributed by atoms with Crippen molar-refractivity contribution in [3.8, 4) is 0 Å². The van der Waals surface area contributed by atoms with Crippen LogP contribution in [0.4, 0.5) is 0 Å². The molecule has 0 aliphatic carbocycles. The highest BCUT2D eigenvalue weighted by molar-refractivity contribution is 8.18. The molecule has 4 aromatic carbocycles. The van der Waals surface area contributed by atoms with Gasteiger partial charge in [-0.05, 0) is 126 Å². The quantitative estimate of drug-likeness (QED) is 0.117. The number of carboxylic acid groups (broad SMARTS) is 1. The molecule has 17 nitrogen and oxygen atoms in total. The number of allylic oxidation sites excluding steroid dienone is 2. The number of nitrogens with one attached hydrogen (secondary N) is 1. The highest BCUT2D eigenvalue weighted by Gasteiger charge is 2.56. The van der Waals surface area contributed by atoms with E-state index in [9.17, 15) is 34.5 Å². The smallest absolute Gasteiger partial charge is 0.344 e. The van der Waals surface area contributed by atoms with E-state index in [-0.39, 0.29) is 66.8 Å². The SMILES string of the molecule is CC(C)C1=C(C(=O)N2C[C@@H](O)C[C@@H]2C(=O)N2CCOCC2)SC2=N[C@@](C)(c3ccc(Cl)cc3)[C@@H](c3ccc(Cl)cc3)N21.CC(C)C1=C(C(=O)O)SC2=N[C@@](C)(c3ccc(Cl)cc3)[C@@H](c3ccc(Cl)cc3)N21.O=C([C@H]1C[C@H](O)CN1)N1CCOCC1. The Bertz CT molecular complexity index is 3280. The Morgan fingerprint density at radius 1 is 0.588 bits per heavy atom. The lowest BCUT2D eigenvalue weighted by molar-refractivity contribution is -0.144. The van der Waals surface area contributed by atoms with E-state index in [4.69, 9.17) is 65.9 Å². The summed E-state index contributed by atoms with van der Waals surface area (Å²) in [6.45, 7) is 17.5. The highest BCUT2D eigenvalue weighted by atomic mass is 35.5. The van der Waals surface area contributed by atoms with Crippen LogP contribution in [-0.2, 0) is 39.7 Å². The number of morpholine rings is 2. The topological polar surface area (TPSA) is 200 Å². The lowest BCUT2D eigenvalue weighted by Gasteiger charge is -2.37. The van der Waals surface area contributed by atoms with Crippen molar-refractivity contribution >= 4 is 104 Å². The Labute approximate surface area is 524 Å². The van der Waals surface area contributed by atoms with Crippen molar-refractivity contribution in [2.24, 2.45) is 21.8 Å². The average Bonchev–Trinajstić information content (AvgIpc) is 1.61. The highest BCUT2D eigenvalue weighted by Crippen LogP contribution is 2.58. The molecule has 0 spiro atoms. The summed E-state index contributed by atoms with van der Waals surface area (Å²) in [7, 11) is 0. The number of carbonyl (C=O) groups excluding carboxylic acids is 3. The fraction of sp³-hybridized carbons (Fsp3) is 0.452. The van der Waals surface area contributed by atoms with E-state index in [1.165, 1.54) is 23.5 Å². The molecular weight excluding hydrogens is 1210 g/mol. The normalized spacial score (nSPS) is 27.2. The summed E-state index contributed by atoms with van der Waals surface area (Å²) in [6.07, 6.45) is -0.365. The van der Waals surface area contributed by atoms with E-state index in [0.717, 1.165) is 38.8 Å². The predicted octanol–water partition coefficient (Wildman–Crippen LogP) is 9.95. The molecule has 3 amide bonds. The van der Waals surface area contributed by atoms with E-state index in [1.54, 1.807) is 14.7 Å². The first-order valence-corrected chi connectivity index (χ1v) is 31.7. The predicted molar refractivity (Wildman–Crippen MR) is 334 cm³/mol. The number of β-amino-alcohol motifs (C(OH)–C–C–N with tert-alkyl or cyclic N) is 2. The minimum atomic E-state index is -0.918. The summed E-state index contributed by atoms with van der Waals surface area (Å²) >= 11 is 27.3. The maximum Gasteiger partial charge on any atom is 0.344 e. The second kappa shape index (κ2) is 26.3. The van der Waals surface area contributed by atoms with Gasteiger partial charge in [0.25, 0.3) is 5.91 Å². The van der Waals surface area contributed by atoms with Crippen LogP contribution in [-0.4, -0.2) is 164 Å². The van der Waals surface area contributed by atoms with Gasteiger partial charge < -0.3 is 54.6 Å². The van der Waals surface area contributed by atoms with Crippen molar-refractivity contribution in [2.75, 3.05) is 65.7 Å². The van der Waals surface area contributed by atoms with Crippen molar-refractivity contribution < 1.29 is 44.0 Å². The van der Waals surface area contributed by atoms with E-state index < -0.39 is 29.2 Å². The van der Waals surface area contributed by atoms with Crippen molar-refractivity contribution in [1.29, 1.82) is 0 Å². The van der Waals surface area contributed by atoms with Gasteiger partial charge in [0, 0.05) is 77.2 Å². The number of amides is 3. The Morgan fingerprint density at radius 3 is 1.39 bits per heavy atom. The molecule has 0 radical (unpaired) electrons. The first-order valence-electron chi connectivity index (χ1n) is 28.6. The largest absolute Gasteiger partial charge is 0.477 e. The number of benzene rings is 4. The summed E-state index contributed by atoms with van der Waals surface area (Å²) in [6, 6.07) is 29.5. The Morgan fingerprint density at radius 2 is 0.988 bits per heavy atom. The van der Waals surface area contributed by atoms with Gasteiger partial charge in [-0.25, -0.2) is 14.8 Å². The van der Waals surface area contributed by atoms with Crippen LogP contribution in [0.5, 0.6) is 0 Å². The van der Waals surface area contributed by atoms with Crippen LogP contribution in [0.2, 0.25) is 20.1 Å². The monoisotopic (exact) mass is 1270 g/mol. The average molecular weight is 1280 g/mol. The summed E-state index contributed by atoms with van der Waals surface area (Å²) in [5.41, 5.74) is 4.43. The van der Waals surface area contributed by atoms with Crippen LogP contribution < -0.4 is 5.32 Å². The number of halogens is 4. The molecule has 8 aliphatic rings. The first kappa shape index (κ1) is 62.9. The van der Waals surface area contributed by atoms with Crippen LogP contribution in [0.1, 0.15) is 88.7 Å². The number of carboxylic acids is 1. The number of ether oxygens (including phenoxy) is 2. The third kappa shape index (κ3) is 12.9. The number of likely N-dealkylation sites (tertiary alicyclic amines) is 1. The molecule has 0 saturated carbocycles. The van der Waals surface area contributed by atoms with Crippen LogP contribution in [0, 0.1) is 11.8 Å². The molecule has 23 heteroatoms. The molecular formula is C62H70Cl4N8O9S2. The second-order valence-electron chi connectivity index (χ2n) is 23.1. The number of aliphatic hydroxyl groups excluding tert-OH is 2. The van der Waals surface area contributed by atoms with Crippen LogP contribution >= 0.6 is 69.9 Å². The standard InChI is InChI=1S/C31H34Cl2N4O4S.C22H20Cl2N2O2S.C9H16N2O3/c1-18(2)25-26(29(40)36-17-23(38)16-24(36)28(39)35-12-14-41-15-13-35)42-30-34-31(3,20-6-10-22(33)11-7-20)27(37(25)30)19-4-8-21(32)9-5-19;1-12(2)17-18(20(27)28)29-21-25-22(3,14-6-10-16(24)11-7-14)19(26(17)21)13-4-8-15(23)9-5-13;12-7-5-8(10-6-7)9(13)11-1-3-14-4-2-11/h4-11,18,23-24,27,38H,12-17H2,1-3H3;4-12,19H,1-3H3,(H,27,28);7-8,10,12H,1-6H2/t23-,24+,27+,31-;19-,22+;7-,8+/m010/s1. The number of aliphatic imine (C=N–C) groups is 2. The fourth-order valence-corrected chi connectivity index (χ4v) is 15.5. The number of nitrogens with zero attached hydrogens (tertiary/aromatic N) is 7. The van der Waals surface area contributed by atoms with Crippen molar-refractivity contribution in [3.63, 3.8) is 0 Å². The number of thioether (sulfide) groups is 2. The van der Waals surface area contributed by atoms with Crippen molar-refractivity contribution in [2.45, 2.75) is 102 Å². The number of hydrogen-bond donors (Lipinski definition) is 4. The van der Waals surface area contributed by atoms with Gasteiger partial charge in [0.15, 0.2) is 10.3 Å². The van der Waals surface area contributed by atoms with Gasteiger partial charge in [0.05, 0.1) is 56.8 Å². The van der Waals surface area contributed by atoms with Gasteiger partial charge in [-0.15, -0.1) is 0 Å². The molecule has 4 saturated heterocycles. The number of hydrogen-bond acceptors (Lipinski definition) is 15. The van der Waals surface area contributed by atoms with Crippen LogP contribution in [0.25, 0.3) is 0 Å². The third-order valence-corrected chi connectivity index (χ3v) is 19.7. The molecule has 8 heterocycles. The number of rotatable bonds is 10. The second-order valence-corrected chi connectivity index (χ2v) is 26.8. The number of amidine groups is 2. The van der Waals surface area contributed by atoms with Crippen molar-refractivity contribution in [3.05, 3.63) is 161 Å². The number of aliphatic carboxylic acids is 1. The number of fused-ring (bicyclic) bond motifs is 2. The van der Waals surface area contributed by atoms with Gasteiger partial charge >= 0.3 is 5.97 Å². The van der Waals surface area contributed by atoms with E-state index >= 15 is 0 Å². The van der Waals surface area contributed by atoms with Crippen LogP contribution in [0.15, 0.2) is 128 Å². The molecule has 0 unspecified atom stereocenters. The maximum atomic E-state index is 14.3. The molecule has 85 heavy (non-hydrogen) atoms. The van der Waals surface area contributed by atoms with Gasteiger partial charge in [-0.1, -0.05) is 123 Å². The van der Waals surface area contributed by atoms with Crippen LogP contribution in [0.3, 0.4) is 0 Å². The lowest BCUT2D eigenvalue weighted by Crippen LogP contribution is -2.51.